The van der Waals surface area contributed by atoms with E-state index in [4.69, 9.17) is 10.8 Å². The molecule has 5 N–H and O–H groups in total. The number of hydrogen-bond acceptors (Lipinski definition) is 7. The first-order valence-electron chi connectivity index (χ1n) is 9.21. The molecule has 3 rings (SSSR count). The Morgan fingerprint density at radius 3 is 2.68 bits per heavy atom. The van der Waals surface area contributed by atoms with Crippen molar-refractivity contribution in [2.24, 2.45) is 4.99 Å². The second-order valence-corrected chi connectivity index (χ2v) is 8.77. The number of aliphatic hydroxyl groups is 1. The molecule has 6 nitrogen and oxygen atoms in total. The predicted octanol–water partition coefficient (Wildman–Crippen LogP) is 3.56. The van der Waals surface area contributed by atoms with Crippen molar-refractivity contribution < 1.29 is 5.11 Å². The largest absolute Gasteiger partial charge is 0.386 e. The quantitative estimate of drug-likeness (QED) is 0.490. The number of nitrogens with one attached hydrogen (secondary N) is 4. The summed E-state index contributed by atoms with van der Waals surface area (Å²) >= 11 is 1.39. The van der Waals surface area contributed by atoms with Crippen molar-refractivity contribution in [1.82, 2.24) is 10.6 Å². The molecule has 0 radical (unpaired) electrons. The zero-order valence-corrected chi connectivity index (χ0v) is 17.7. The topological polar surface area (TPSA) is 104 Å². The molecule has 28 heavy (non-hydrogen) atoms. The first-order valence-corrected chi connectivity index (χ1v) is 10.0. The van der Waals surface area contributed by atoms with Crippen LogP contribution in [0.5, 0.6) is 0 Å². The highest BCUT2D eigenvalue weighted by atomic mass is 32.2. The fraction of sp³-hybridized carbons (Fsp3) is 0.381. The Labute approximate surface area is 170 Å². The first-order chi connectivity index (χ1) is 13.1. The van der Waals surface area contributed by atoms with Gasteiger partial charge < -0.3 is 21.1 Å². The highest BCUT2D eigenvalue weighted by Crippen LogP contribution is 2.42. The number of thioether (sulfide) groups is 1. The molecule has 0 spiro atoms. The molecule has 0 bridgehead atoms. The van der Waals surface area contributed by atoms with Gasteiger partial charge in [0.25, 0.3) is 0 Å². The van der Waals surface area contributed by atoms with Crippen LogP contribution < -0.4 is 10.6 Å². The van der Waals surface area contributed by atoms with E-state index in [2.05, 4.69) is 21.7 Å². The lowest BCUT2D eigenvalue weighted by atomic mass is 9.92. The normalized spacial score (nSPS) is 20.8. The fourth-order valence-electron chi connectivity index (χ4n) is 3.48. The Morgan fingerprint density at radius 2 is 2.07 bits per heavy atom. The summed E-state index contributed by atoms with van der Waals surface area (Å²) < 4.78 is 0. The summed E-state index contributed by atoms with van der Waals surface area (Å²) in [6.45, 7) is 9.84. The molecule has 0 saturated carbocycles. The van der Waals surface area contributed by atoms with Crippen molar-refractivity contribution in [3.05, 3.63) is 56.8 Å². The van der Waals surface area contributed by atoms with E-state index < -0.39 is 5.60 Å². The summed E-state index contributed by atoms with van der Waals surface area (Å²) in [5, 5.41) is 33.5. The highest BCUT2D eigenvalue weighted by molar-refractivity contribution is 8.18. The van der Waals surface area contributed by atoms with Gasteiger partial charge in [-0.2, -0.15) is 0 Å². The van der Waals surface area contributed by atoms with Crippen molar-refractivity contribution in [2.45, 2.75) is 52.8 Å². The second-order valence-electron chi connectivity index (χ2n) is 7.72. The molecule has 1 unspecified atom stereocenters. The van der Waals surface area contributed by atoms with Gasteiger partial charge >= 0.3 is 0 Å². The minimum Gasteiger partial charge on any atom is -0.386 e. The van der Waals surface area contributed by atoms with E-state index in [0.717, 1.165) is 38.6 Å². The van der Waals surface area contributed by atoms with Gasteiger partial charge in [-0.15, -0.1) is 0 Å². The van der Waals surface area contributed by atoms with Crippen LogP contribution in [0.1, 0.15) is 44.4 Å². The van der Waals surface area contributed by atoms with Crippen LogP contribution in [0, 0.1) is 17.7 Å². The second kappa shape index (κ2) is 7.56. The number of hydrogen-bond donors (Lipinski definition) is 5. The Kier molecular flexibility index (Phi) is 5.50. The molecular formula is C21H27N5OS. The molecule has 1 saturated heterocycles. The van der Waals surface area contributed by atoms with Gasteiger partial charge in [-0.05, 0) is 56.9 Å². The van der Waals surface area contributed by atoms with Crippen LogP contribution in [0.4, 0.5) is 0 Å². The Bertz CT molecular complexity index is 937. The van der Waals surface area contributed by atoms with E-state index in [1.165, 1.54) is 11.8 Å². The maximum absolute atomic E-state index is 10.2. The summed E-state index contributed by atoms with van der Waals surface area (Å²) in [6.07, 6.45) is 1.66. The monoisotopic (exact) mass is 397 g/mol. The van der Waals surface area contributed by atoms with Gasteiger partial charge in [0.05, 0.1) is 21.9 Å². The Balaban J connectivity index is 1.82. The lowest BCUT2D eigenvalue weighted by molar-refractivity contribution is 0.0779. The van der Waals surface area contributed by atoms with Crippen LogP contribution >= 0.6 is 11.8 Å². The average molecular weight is 398 g/mol. The molecule has 2 heterocycles. The smallest absolute Gasteiger partial charge is 0.117 e. The number of allylic oxidation sites excluding steroid dienone is 1. The van der Waals surface area contributed by atoms with Crippen molar-refractivity contribution in [2.75, 3.05) is 0 Å². The van der Waals surface area contributed by atoms with Gasteiger partial charge in [-0.25, -0.2) is 0 Å². The van der Waals surface area contributed by atoms with Crippen LogP contribution in [-0.4, -0.2) is 28.2 Å². The van der Waals surface area contributed by atoms with Gasteiger partial charge in [0.15, 0.2) is 0 Å². The molecule has 1 fully saturated rings. The molecule has 0 amide bonds. The third-order valence-electron chi connectivity index (χ3n) is 5.04. The first kappa shape index (κ1) is 20.4. The standard InChI is InChI=1S/C21H27N5OS/c1-11-8-14(6-7-15(11)21(4,5)27)9-24-20-18-17(25-10-26-20)16(19(23)28-18)12(2)13(3)22/h6-8,10,17,22-24,27H,9H2,1-5H3,(H,25,26)/b16-12-,22-13?,23-19?. The molecule has 1 aromatic rings. The third kappa shape index (κ3) is 3.91. The number of aryl methyl sites for hydroxylation is 1. The minimum absolute atomic E-state index is 0.221. The van der Waals surface area contributed by atoms with Gasteiger partial charge in [-0.1, -0.05) is 30.0 Å². The van der Waals surface area contributed by atoms with Gasteiger partial charge in [-0.3, -0.25) is 10.4 Å². The molecule has 2 aliphatic heterocycles. The maximum atomic E-state index is 10.2. The number of benzene rings is 1. The molecule has 2 aliphatic rings. The molecule has 148 valence electrons. The third-order valence-corrected chi connectivity index (χ3v) is 6.11. The lowest BCUT2D eigenvalue weighted by Gasteiger charge is -2.22. The predicted molar refractivity (Wildman–Crippen MR) is 117 cm³/mol. The van der Waals surface area contributed by atoms with E-state index in [1.54, 1.807) is 27.1 Å². The zero-order chi connectivity index (χ0) is 20.6. The van der Waals surface area contributed by atoms with Crippen molar-refractivity contribution in [3.63, 3.8) is 0 Å². The summed E-state index contributed by atoms with van der Waals surface area (Å²) in [5.74, 6) is 0.851. The van der Waals surface area contributed by atoms with Gasteiger partial charge in [0.2, 0.25) is 0 Å². The number of rotatable bonds is 5. The van der Waals surface area contributed by atoms with E-state index in [1.807, 2.05) is 26.0 Å². The zero-order valence-electron chi connectivity index (χ0n) is 16.9. The van der Waals surface area contributed by atoms with Gasteiger partial charge in [0, 0.05) is 17.8 Å². The Hall–Kier alpha value is -2.38. The molecule has 1 aromatic carbocycles. The molecule has 1 atom stereocenters. The van der Waals surface area contributed by atoms with Crippen molar-refractivity contribution in [3.8, 4) is 0 Å². The van der Waals surface area contributed by atoms with E-state index >= 15 is 0 Å². The number of fused-ring (bicyclic) bond motifs is 1. The van der Waals surface area contributed by atoms with Crippen LogP contribution in [0.15, 0.2) is 45.1 Å². The lowest BCUT2D eigenvalue weighted by Crippen LogP contribution is -2.32. The van der Waals surface area contributed by atoms with Crippen LogP contribution in [0.2, 0.25) is 0 Å². The number of aliphatic imine (C=N–C) groups is 1. The van der Waals surface area contributed by atoms with Gasteiger partial charge in [0.1, 0.15) is 11.9 Å². The van der Waals surface area contributed by atoms with Crippen LogP contribution in [-0.2, 0) is 12.1 Å². The fourth-order valence-corrected chi connectivity index (χ4v) is 4.60. The summed E-state index contributed by atoms with van der Waals surface area (Å²) in [7, 11) is 0. The maximum Gasteiger partial charge on any atom is 0.117 e. The molecule has 0 aromatic heterocycles. The minimum atomic E-state index is -0.857. The van der Waals surface area contributed by atoms with E-state index in [-0.39, 0.29) is 6.04 Å². The van der Waals surface area contributed by atoms with Crippen LogP contribution in [0.25, 0.3) is 0 Å². The average Bonchev–Trinajstić information content (AvgIpc) is 2.94. The van der Waals surface area contributed by atoms with Crippen molar-refractivity contribution in [1.29, 1.82) is 10.8 Å². The molecular weight excluding hydrogens is 370 g/mol. The highest BCUT2D eigenvalue weighted by Gasteiger charge is 2.37. The number of nitrogens with zero attached hydrogens (tertiary/aromatic N) is 1. The summed E-state index contributed by atoms with van der Waals surface area (Å²) in [4.78, 5) is 5.47. The van der Waals surface area contributed by atoms with Crippen molar-refractivity contribution >= 4 is 28.9 Å². The molecule has 0 aliphatic carbocycles. The van der Waals surface area contributed by atoms with E-state index in [9.17, 15) is 5.11 Å². The molecule has 7 heteroatoms. The Morgan fingerprint density at radius 1 is 1.36 bits per heavy atom. The van der Waals surface area contributed by atoms with E-state index in [0.29, 0.717) is 17.3 Å². The summed E-state index contributed by atoms with van der Waals surface area (Å²) in [6, 6.07) is 5.85. The SMILES string of the molecule is CC(=N)/C(C)=C1\C(=N)SC2=C(NCc3ccc(C(C)(C)O)c(C)c3)NC=NC21. The van der Waals surface area contributed by atoms with Crippen LogP contribution in [0.3, 0.4) is 0 Å². The summed E-state index contributed by atoms with van der Waals surface area (Å²) in [5.41, 5.74) is 4.33.